The van der Waals surface area contributed by atoms with Gasteiger partial charge < -0.3 is 0 Å². The van der Waals surface area contributed by atoms with Gasteiger partial charge in [-0.05, 0) is 32.4 Å². The van der Waals surface area contributed by atoms with E-state index in [2.05, 4.69) is 23.1 Å². The second kappa shape index (κ2) is 4.26. The van der Waals surface area contributed by atoms with Gasteiger partial charge in [0.1, 0.15) is 0 Å². The van der Waals surface area contributed by atoms with Crippen LogP contribution in [0.25, 0.3) is 0 Å². The molecule has 0 aliphatic heterocycles. The van der Waals surface area contributed by atoms with Gasteiger partial charge in [0.25, 0.3) is 0 Å². The van der Waals surface area contributed by atoms with Crippen LogP contribution in [0.15, 0.2) is 24.5 Å². The third kappa shape index (κ3) is 2.86. The molecule has 2 heteroatoms. The van der Waals surface area contributed by atoms with Gasteiger partial charge in [0, 0.05) is 18.4 Å². The summed E-state index contributed by atoms with van der Waals surface area (Å²) in [6.45, 7) is 6.05. The van der Waals surface area contributed by atoms with Gasteiger partial charge in [0.05, 0.1) is 5.54 Å². The highest BCUT2D eigenvalue weighted by Crippen LogP contribution is 2.14. The maximum absolute atomic E-state index is 5.40. The molecule has 0 aromatic carbocycles. The molecule has 1 aromatic rings. The molecule has 0 radical (unpaired) electrons. The molecule has 0 fully saturated rings. The second-order valence-electron chi connectivity index (χ2n) is 3.92. The van der Waals surface area contributed by atoms with E-state index in [1.54, 1.807) is 6.20 Å². The highest BCUT2D eigenvalue weighted by atomic mass is 15.0. The van der Waals surface area contributed by atoms with E-state index < -0.39 is 0 Å². The first-order chi connectivity index (χ1) is 6.55. The zero-order valence-corrected chi connectivity index (χ0v) is 8.91. The minimum absolute atomic E-state index is 0.217. The Labute approximate surface area is 85.8 Å². The Morgan fingerprint density at radius 2 is 2.29 bits per heavy atom. The average Bonchev–Trinajstić information content (AvgIpc) is 2.19. The Balaban J connectivity index is 2.70. The van der Waals surface area contributed by atoms with Crippen molar-refractivity contribution in [2.75, 3.05) is 0 Å². The fourth-order valence-electron chi connectivity index (χ4n) is 1.30. The maximum atomic E-state index is 5.40. The van der Waals surface area contributed by atoms with Crippen LogP contribution in [0.3, 0.4) is 0 Å². The van der Waals surface area contributed by atoms with Crippen molar-refractivity contribution in [3.8, 4) is 12.3 Å². The topological polar surface area (TPSA) is 24.9 Å². The van der Waals surface area contributed by atoms with Crippen molar-refractivity contribution >= 4 is 0 Å². The van der Waals surface area contributed by atoms with Gasteiger partial charge in [-0.25, -0.2) is 0 Å². The van der Waals surface area contributed by atoms with E-state index >= 15 is 0 Å². The second-order valence-corrected chi connectivity index (χ2v) is 3.92. The Hall–Kier alpha value is -1.33. The van der Waals surface area contributed by atoms with E-state index in [-0.39, 0.29) is 11.6 Å². The molecule has 1 atom stereocenters. The Morgan fingerprint density at radius 3 is 2.79 bits per heavy atom. The van der Waals surface area contributed by atoms with Gasteiger partial charge in [0.2, 0.25) is 0 Å². The van der Waals surface area contributed by atoms with Gasteiger partial charge in [0.15, 0.2) is 0 Å². The van der Waals surface area contributed by atoms with Crippen LogP contribution >= 0.6 is 0 Å². The lowest BCUT2D eigenvalue weighted by atomic mass is 10.0. The Kier molecular flexibility index (Phi) is 3.27. The predicted octanol–water partition coefficient (Wildman–Crippen LogP) is 2.14. The van der Waals surface area contributed by atoms with Gasteiger partial charge in [-0.3, -0.25) is 10.3 Å². The van der Waals surface area contributed by atoms with Crippen LogP contribution in [-0.4, -0.2) is 10.5 Å². The molecule has 1 N–H and O–H groups in total. The molecule has 1 rings (SSSR count). The minimum atomic E-state index is -0.282. The number of pyridine rings is 1. The number of hydrogen-bond acceptors (Lipinski definition) is 2. The van der Waals surface area contributed by atoms with Crippen LogP contribution in [0.4, 0.5) is 0 Å². The van der Waals surface area contributed by atoms with E-state index in [1.165, 1.54) is 0 Å². The third-order valence-corrected chi connectivity index (χ3v) is 2.12. The van der Waals surface area contributed by atoms with Crippen LogP contribution in [0.2, 0.25) is 0 Å². The molecule has 0 aliphatic rings. The molecule has 1 heterocycles. The molecule has 0 saturated heterocycles. The lowest BCUT2D eigenvalue weighted by molar-refractivity contribution is 0.431. The molecule has 0 bridgehead atoms. The summed E-state index contributed by atoms with van der Waals surface area (Å²) in [5, 5.41) is 3.35. The van der Waals surface area contributed by atoms with E-state index in [9.17, 15) is 0 Å². The largest absolute Gasteiger partial charge is 0.295 e. The van der Waals surface area contributed by atoms with Gasteiger partial charge in [-0.2, -0.15) is 0 Å². The van der Waals surface area contributed by atoms with Crippen molar-refractivity contribution in [2.45, 2.75) is 32.4 Å². The van der Waals surface area contributed by atoms with Crippen molar-refractivity contribution in [3.05, 3.63) is 30.1 Å². The highest BCUT2D eigenvalue weighted by Gasteiger charge is 2.17. The van der Waals surface area contributed by atoms with E-state index in [0.717, 1.165) is 5.56 Å². The van der Waals surface area contributed by atoms with Gasteiger partial charge in [-0.1, -0.05) is 12.0 Å². The number of hydrogen-bond donors (Lipinski definition) is 1. The lowest BCUT2D eigenvalue weighted by Gasteiger charge is -2.25. The quantitative estimate of drug-likeness (QED) is 0.735. The molecule has 14 heavy (non-hydrogen) atoms. The summed E-state index contributed by atoms with van der Waals surface area (Å²) in [6, 6.07) is 4.18. The lowest BCUT2D eigenvalue weighted by Crippen LogP contribution is -2.39. The van der Waals surface area contributed by atoms with Crippen molar-refractivity contribution in [1.82, 2.24) is 10.3 Å². The van der Waals surface area contributed by atoms with Gasteiger partial charge >= 0.3 is 0 Å². The first-order valence-corrected chi connectivity index (χ1v) is 4.70. The fraction of sp³-hybridized carbons (Fsp3) is 0.417. The molecule has 1 unspecified atom stereocenters. The molecule has 1 aromatic heterocycles. The average molecular weight is 188 g/mol. The predicted molar refractivity (Wildman–Crippen MR) is 58.7 cm³/mol. The van der Waals surface area contributed by atoms with Crippen LogP contribution < -0.4 is 5.32 Å². The van der Waals surface area contributed by atoms with Crippen LogP contribution in [0, 0.1) is 12.3 Å². The first kappa shape index (κ1) is 10.7. The summed E-state index contributed by atoms with van der Waals surface area (Å²) in [5.41, 5.74) is 0.866. The summed E-state index contributed by atoms with van der Waals surface area (Å²) in [6.07, 6.45) is 9.02. The number of terminal acetylenes is 1. The summed E-state index contributed by atoms with van der Waals surface area (Å²) >= 11 is 0. The van der Waals surface area contributed by atoms with Crippen LogP contribution in [0.5, 0.6) is 0 Å². The van der Waals surface area contributed by atoms with Crippen molar-refractivity contribution in [1.29, 1.82) is 0 Å². The first-order valence-electron chi connectivity index (χ1n) is 4.70. The Morgan fingerprint density at radius 1 is 1.57 bits per heavy atom. The monoisotopic (exact) mass is 188 g/mol. The molecular weight excluding hydrogens is 172 g/mol. The zero-order chi connectivity index (χ0) is 10.6. The number of nitrogens with one attached hydrogen (secondary N) is 1. The standard InChI is InChI=1S/C12H16N2/c1-5-12(3,4)14-10(2)11-7-6-8-13-9-11/h1,6-10,14H,2-4H3. The summed E-state index contributed by atoms with van der Waals surface area (Å²) in [5.74, 6) is 2.71. The van der Waals surface area contributed by atoms with Crippen molar-refractivity contribution in [3.63, 3.8) is 0 Å². The molecule has 0 aliphatic carbocycles. The summed E-state index contributed by atoms with van der Waals surface area (Å²) < 4.78 is 0. The van der Waals surface area contributed by atoms with Crippen molar-refractivity contribution < 1.29 is 0 Å². The van der Waals surface area contributed by atoms with E-state index in [0.29, 0.717) is 0 Å². The molecule has 0 spiro atoms. The normalized spacial score (nSPS) is 13.3. The number of rotatable bonds is 3. The third-order valence-electron chi connectivity index (χ3n) is 2.12. The van der Waals surface area contributed by atoms with Crippen LogP contribution in [0.1, 0.15) is 32.4 Å². The SMILES string of the molecule is C#CC(C)(C)NC(C)c1cccnc1. The summed E-state index contributed by atoms with van der Waals surface area (Å²) in [7, 11) is 0. The number of aromatic nitrogens is 1. The van der Waals surface area contributed by atoms with E-state index in [4.69, 9.17) is 6.42 Å². The highest BCUT2D eigenvalue weighted by molar-refractivity contribution is 5.16. The zero-order valence-electron chi connectivity index (χ0n) is 8.91. The van der Waals surface area contributed by atoms with Crippen LogP contribution in [-0.2, 0) is 0 Å². The molecular formula is C12H16N2. The maximum Gasteiger partial charge on any atom is 0.0745 e. The Bertz CT molecular complexity index is 322. The van der Waals surface area contributed by atoms with E-state index in [1.807, 2.05) is 32.2 Å². The van der Waals surface area contributed by atoms with Gasteiger partial charge in [-0.15, -0.1) is 6.42 Å². The molecule has 0 saturated carbocycles. The molecule has 2 nitrogen and oxygen atoms in total. The molecule has 0 amide bonds. The smallest absolute Gasteiger partial charge is 0.0745 e. The molecule has 74 valence electrons. The number of nitrogens with zero attached hydrogens (tertiary/aromatic N) is 1. The minimum Gasteiger partial charge on any atom is -0.295 e. The van der Waals surface area contributed by atoms with Crippen molar-refractivity contribution in [2.24, 2.45) is 0 Å². The fourth-order valence-corrected chi connectivity index (χ4v) is 1.30. The summed E-state index contributed by atoms with van der Waals surface area (Å²) in [4.78, 5) is 4.07.